The second-order valence-electron chi connectivity index (χ2n) is 6.33. The Bertz CT molecular complexity index is 273. The van der Waals surface area contributed by atoms with Gasteiger partial charge in [0.25, 0.3) is 0 Å². The van der Waals surface area contributed by atoms with Gasteiger partial charge in [-0.3, -0.25) is 0 Å². The van der Waals surface area contributed by atoms with E-state index in [-0.39, 0.29) is 12.1 Å². The highest BCUT2D eigenvalue weighted by Crippen LogP contribution is 2.20. The molecule has 3 atom stereocenters. The summed E-state index contributed by atoms with van der Waals surface area (Å²) in [7, 11) is 0. The number of nitrogens with one attached hydrogen (secondary N) is 2. The molecular formula is C14H28N2O2. The summed E-state index contributed by atoms with van der Waals surface area (Å²) in [6.07, 6.45) is 4.01. The molecule has 1 aliphatic rings. The highest BCUT2D eigenvalue weighted by atomic mass is 16.6. The van der Waals surface area contributed by atoms with E-state index in [0.29, 0.717) is 12.1 Å². The lowest BCUT2D eigenvalue weighted by Crippen LogP contribution is -2.40. The van der Waals surface area contributed by atoms with Crippen LogP contribution < -0.4 is 10.6 Å². The fraction of sp³-hybridized carbons (Fsp3) is 0.929. The smallest absolute Gasteiger partial charge is 0.407 e. The molecule has 0 spiro atoms. The molecule has 0 aliphatic heterocycles. The molecule has 4 nitrogen and oxygen atoms in total. The molecule has 18 heavy (non-hydrogen) atoms. The number of hydrogen-bond donors (Lipinski definition) is 2. The molecule has 0 aromatic rings. The van der Waals surface area contributed by atoms with Gasteiger partial charge in [0.2, 0.25) is 0 Å². The van der Waals surface area contributed by atoms with Crippen molar-refractivity contribution in [2.75, 3.05) is 0 Å². The maximum absolute atomic E-state index is 11.6. The fourth-order valence-corrected chi connectivity index (χ4v) is 2.26. The van der Waals surface area contributed by atoms with Gasteiger partial charge >= 0.3 is 6.09 Å². The van der Waals surface area contributed by atoms with Gasteiger partial charge in [0.05, 0.1) is 0 Å². The van der Waals surface area contributed by atoms with E-state index >= 15 is 0 Å². The summed E-state index contributed by atoms with van der Waals surface area (Å²) >= 11 is 0. The minimum Gasteiger partial charge on any atom is -0.444 e. The van der Waals surface area contributed by atoms with Crippen LogP contribution in [0, 0.1) is 0 Å². The van der Waals surface area contributed by atoms with Gasteiger partial charge < -0.3 is 15.4 Å². The Morgan fingerprint density at radius 1 is 1.33 bits per heavy atom. The standard InChI is InChI=1S/C14H28N2O2/c1-6-10(2)15-11-7-8-12(9-11)16-13(17)18-14(3,4)5/h10-12,15H,6-9H2,1-5H3,(H,16,17). The van der Waals surface area contributed by atoms with Crippen molar-refractivity contribution in [3.63, 3.8) is 0 Å². The Morgan fingerprint density at radius 3 is 2.50 bits per heavy atom. The van der Waals surface area contributed by atoms with Gasteiger partial charge in [0.1, 0.15) is 5.60 Å². The Balaban J connectivity index is 2.28. The summed E-state index contributed by atoms with van der Waals surface area (Å²) in [6, 6.07) is 1.33. The van der Waals surface area contributed by atoms with Crippen LogP contribution in [0.1, 0.15) is 60.3 Å². The predicted molar refractivity (Wildman–Crippen MR) is 73.7 cm³/mol. The van der Waals surface area contributed by atoms with Crippen molar-refractivity contribution in [1.82, 2.24) is 10.6 Å². The Kier molecular flexibility index (Phi) is 5.45. The van der Waals surface area contributed by atoms with Gasteiger partial charge in [-0.25, -0.2) is 4.79 Å². The van der Waals surface area contributed by atoms with E-state index in [2.05, 4.69) is 24.5 Å². The average Bonchev–Trinajstić information content (AvgIpc) is 2.62. The van der Waals surface area contributed by atoms with Gasteiger partial charge in [0, 0.05) is 18.1 Å². The van der Waals surface area contributed by atoms with Crippen LogP contribution >= 0.6 is 0 Å². The summed E-state index contributed by atoms with van der Waals surface area (Å²) in [5.41, 5.74) is -0.420. The molecule has 106 valence electrons. The second kappa shape index (κ2) is 6.41. The maximum Gasteiger partial charge on any atom is 0.407 e. The number of rotatable bonds is 4. The fourth-order valence-electron chi connectivity index (χ4n) is 2.26. The zero-order valence-corrected chi connectivity index (χ0v) is 12.4. The molecular weight excluding hydrogens is 228 g/mol. The molecule has 0 radical (unpaired) electrons. The van der Waals surface area contributed by atoms with E-state index in [1.54, 1.807) is 0 Å². The summed E-state index contributed by atoms with van der Waals surface area (Å²) in [4.78, 5) is 11.6. The van der Waals surface area contributed by atoms with E-state index in [0.717, 1.165) is 25.7 Å². The normalized spacial score (nSPS) is 25.8. The van der Waals surface area contributed by atoms with Gasteiger partial charge in [-0.1, -0.05) is 6.92 Å². The zero-order valence-electron chi connectivity index (χ0n) is 12.4. The van der Waals surface area contributed by atoms with Crippen LogP contribution in [0.4, 0.5) is 4.79 Å². The third-order valence-corrected chi connectivity index (χ3v) is 3.29. The molecule has 1 fully saturated rings. The molecule has 1 aliphatic carbocycles. The summed E-state index contributed by atoms with van der Waals surface area (Å²) in [5, 5.41) is 6.54. The molecule has 0 saturated heterocycles. The Hall–Kier alpha value is -0.770. The highest BCUT2D eigenvalue weighted by Gasteiger charge is 2.27. The number of ether oxygens (including phenoxy) is 1. The molecule has 0 bridgehead atoms. The van der Waals surface area contributed by atoms with E-state index in [9.17, 15) is 4.79 Å². The maximum atomic E-state index is 11.6. The lowest BCUT2D eigenvalue weighted by Gasteiger charge is -2.22. The zero-order chi connectivity index (χ0) is 13.8. The van der Waals surface area contributed by atoms with Gasteiger partial charge in [-0.2, -0.15) is 0 Å². The SMILES string of the molecule is CCC(C)NC1CCC(NC(=O)OC(C)(C)C)C1. The third kappa shape index (κ3) is 5.71. The van der Waals surface area contributed by atoms with Crippen LogP contribution in [0.15, 0.2) is 0 Å². The Labute approximate surface area is 111 Å². The summed E-state index contributed by atoms with van der Waals surface area (Å²) in [5.74, 6) is 0. The van der Waals surface area contributed by atoms with Gasteiger partial charge in [-0.15, -0.1) is 0 Å². The van der Waals surface area contributed by atoms with Crippen LogP contribution in [-0.4, -0.2) is 29.8 Å². The lowest BCUT2D eigenvalue weighted by molar-refractivity contribution is 0.0505. The molecule has 2 N–H and O–H groups in total. The van der Waals surface area contributed by atoms with Crippen molar-refractivity contribution in [2.24, 2.45) is 0 Å². The van der Waals surface area contributed by atoms with E-state index < -0.39 is 5.60 Å². The first-order chi connectivity index (χ1) is 8.30. The van der Waals surface area contributed by atoms with Crippen LogP contribution in [0.3, 0.4) is 0 Å². The number of carbonyl (C=O) groups is 1. The lowest BCUT2D eigenvalue weighted by atomic mass is 10.2. The molecule has 0 aromatic carbocycles. The predicted octanol–water partition coefficient (Wildman–Crippen LogP) is 2.82. The second-order valence-corrected chi connectivity index (χ2v) is 6.33. The molecule has 4 heteroatoms. The monoisotopic (exact) mass is 256 g/mol. The van der Waals surface area contributed by atoms with Crippen molar-refractivity contribution in [3.8, 4) is 0 Å². The van der Waals surface area contributed by atoms with E-state index in [1.807, 2.05) is 20.8 Å². The molecule has 0 aromatic heterocycles. The summed E-state index contributed by atoms with van der Waals surface area (Å²) < 4.78 is 5.27. The number of amides is 1. The van der Waals surface area contributed by atoms with Gasteiger partial charge in [0.15, 0.2) is 0 Å². The molecule has 1 rings (SSSR count). The van der Waals surface area contributed by atoms with Crippen molar-refractivity contribution >= 4 is 6.09 Å². The van der Waals surface area contributed by atoms with E-state index in [4.69, 9.17) is 4.74 Å². The largest absolute Gasteiger partial charge is 0.444 e. The van der Waals surface area contributed by atoms with E-state index in [1.165, 1.54) is 0 Å². The molecule has 1 saturated carbocycles. The topological polar surface area (TPSA) is 50.4 Å². The van der Waals surface area contributed by atoms with Crippen molar-refractivity contribution in [3.05, 3.63) is 0 Å². The van der Waals surface area contributed by atoms with Crippen LogP contribution in [0.25, 0.3) is 0 Å². The highest BCUT2D eigenvalue weighted by molar-refractivity contribution is 5.68. The minimum absolute atomic E-state index is 0.251. The first kappa shape index (κ1) is 15.3. The van der Waals surface area contributed by atoms with Crippen LogP contribution in [0.2, 0.25) is 0 Å². The quantitative estimate of drug-likeness (QED) is 0.813. The number of hydrogen-bond acceptors (Lipinski definition) is 3. The van der Waals surface area contributed by atoms with Crippen molar-refractivity contribution in [1.29, 1.82) is 0 Å². The third-order valence-electron chi connectivity index (χ3n) is 3.29. The van der Waals surface area contributed by atoms with Crippen molar-refractivity contribution in [2.45, 2.75) is 84.0 Å². The minimum atomic E-state index is -0.420. The number of carbonyl (C=O) groups excluding carboxylic acids is 1. The molecule has 3 unspecified atom stereocenters. The first-order valence-corrected chi connectivity index (χ1v) is 7.05. The summed E-state index contributed by atoms with van der Waals surface area (Å²) in [6.45, 7) is 10.0. The van der Waals surface area contributed by atoms with Crippen LogP contribution in [0.5, 0.6) is 0 Å². The molecule has 1 amide bonds. The van der Waals surface area contributed by atoms with Gasteiger partial charge in [-0.05, 0) is 53.4 Å². The Morgan fingerprint density at radius 2 is 1.94 bits per heavy atom. The number of alkyl carbamates (subject to hydrolysis) is 1. The van der Waals surface area contributed by atoms with Crippen LogP contribution in [-0.2, 0) is 4.74 Å². The molecule has 0 heterocycles. The van der Waals surface area contributed by atoms with Crippen molar-refractivity contribution < 1.29 is 9.53 Å². The average molecular weight is 256 g/mol. The first-order valence-electron chi connectivity index (χ1n) is 7.05.